The number of aryl methyl sites for hydroxylation is 2. The van der Waals surface area contributed by atoms with Crippen molar-refractivity contribution in [1.82, 2.24) is 24.0 Å². The number of aromatic nitrogens is 4. The second-order valence-electron chi connectivity index (χ2n) is 3.92. The van der Waals surface area contributed by atoms with Gasteiger partial charge in [-0.25, -0.2) is 0 Å². The van der Waals surface area contributed by atoms with Gasteiger partial charge < -0.3 is 0 Å². The van der Waals surface area contributed by atoms with E-state index in [1.54, 1.807) is 6.20 Å². The molecule has 0 bridgehead atoms. The maximum atomic E-state index is 6.27. The molecule has 0 fully saturated rings. The highest BCUT2D eigenvalue weighted by molar-refractivity contribution is 6.99. The summed E-state index contributed by atoms with van der Waals surface area (Å²) in [5, 5.41) is 5.07. The molecule has 0 aliphatic rings. The van der Waals surface area contributed by atoms with E-state index in [1.807, 2.05) is 18.5 Å². The van der Waals surface area contributed by atoms with Gasteiger partial charge in [-0.15, -0.1) is 0 Å². The summed E-state index contributed by atoms with van der Waals surface area (Å²) in [4.78, 5) is 0. The molecule has 98 valence electrons. The second kappa shape index (κ2) is 5.75. The molecule has 0 saturated heterocycles. The molecular weight excluding hydrogens is 272 g/mol. The number of hydrogen-bond acceptors (Lipinski definition) is 6. The maximum Gasteiger partial charge on any atom is 0.0929 e. The lowest BCUT2D eigenvalue weighted by molar-refractivity contribution is 0.510. The van der Waals surface area contributed by atoms with Crippen LogP contribution in [0.15, 0.2) is 6.20 Å². The summed E-state index contributed by atoms with van der Waals surface area (Å²) in [6, 6.07) is -0.109. The van der Waals surface area contributed by atoms with Gasteiger partial charge in [0, 0.05) is 13.0 Å². The molecule has 0 aliphatic heterocycles. The quantitative estimate of drug-likeness (QED) is 0.642. The number of hydrazine groups is 1. The van der Waals surface area contributed by atoms with Crippen LogP contribution in [0.3, 0.4) is 0 Å². The summed E-state index contributed by atoms with van der Waals surface area (Å²) in [6.07, 6.45) is 2.35. The third-order valence-electron chi connectivity index (χ3n) is 2.79. The Bertz CT molecular complexity index is 509. The summed E-state index contributed by atoms with van der Waals surface area (Å²) in [5.41, 5.74) is 5.36. The van der Waals surface area contributed by atoms with E-state index in [2.05, 4.69) is 19.3 Å². The summed E-state index contributed by atoms with van der Waals surface area (Å²) >= 11 is 7.43. The smallest absolute Gasteiger partial charge is 0.0929 e. The van der Waals surface area contributed by atoms with E-state index in [9.17, 15) is 0 Å². The second-order valence-corrected chi connectivity index (χ2v) is 4.85. The first-order valence-corrected chi connectivity index (χ1v) is 6.73. The van der Waals surface area contributed by atoms with Gasteiger partial charge in [-0.2, -0.15) is 13.8 Å². The molecule has 0 saturated carbocycles. The standard InChI is InChI=1S/C10H15ClN6S/c1-3-17-9(10(11)6(2)15-17)4-7(14-12)8-5-13-18-16-8/h5,7,14H,3-4,12H2,1-2H3. The largest absolute Gasteiger partial charge is 0.271 e. The highest BCUT2D eigenvalue weighted by Gasteiger charge is 2.20. The van der Waals surface area contributed by atoms with Crippen LogP contribution in [-0.2, 0) is 13.0 Å². The summed E-state index contributed by atoms with van der Waals surface area (Å²) in [7, 11) is 0. The Morgan fingerprint density at radius 3 is 2.94 bits per heavy atom. The lowest BCUT2D eigenvalue weighted by atomic mass is 10.1. The number of nitrogens with zero attached hydrogens (tertiary/aromatic N) is 4. The molecule has 2 rings (SSSR count). The van der Waals surface area contributed by atoms with Gasteiger partial charge in [0.05, 0.1) is 46.1 Å². The monoisotopic (exact) mass is 286 g/mol. The Balaban J connectivity index is 2.27. The molecule has 6 nitrogen and oxygen atoms in total. The zero-order chi connectivity index (χ0) is 13.1. The molecule has 2 aromatic rings. The van der Waals surface area contributed by atoms with E-state index >= 15 is 0 Å². The minimum atomic E-state index is -0.109. The molecule has 0 radical (unpaired) electrons. The van der Waals surface area contributed by atoms with Crippen molar-refractivity contribution in [3.05, 3.63) is 28.3 Å². The molecule has 3 N–H and O–H groups in total. The number of nitrogens with two attached hydrogens (primary N) is 1. The van der Waals surface area contributed by atoms with E-state index in [-0.39, 0.29) is 6.04 Å². The fraction of sp³-hybridized carbons (Fsp3) is 0.500. The van der Waals surface area contributed by atoms with Crippen LogP contribution >= 0.6 is 23.3 Å². The van der Waals surface area contributed by atoms with E-state index in [4.69, 9.17) is 17.4 Å². The molecular formula is C10H15ClN6S. The van der Waals surface area contributed by atoms with Crippen LogP contribution in [0.1, 0.15) is 30.0 Å². The van der Waals surface area contributed by atoms with Crippen molar-refractivity contribution in [2.45, 2.75) is 32.9 Å². The zero-order valence-corrected chi connectivity index (χ0v) is 11.8. The third kappa shape index (κ3) is 2.54. The van der Waals surface area contributed by atoms with Gasteiger partial charge in [0.25, 0.3) is 0 Å². The molecule has 2 heterocycles. The highest BCUT2D eigenvalue weighted by atomic mass is 35.5. The van der Waals surface area contributed by atoms with Gasteiger partial charge >= 0.3 is 0 Å². The number of hydrogen-bond donors (Lipinski definition) is 2. The first kappa shape index (κ1) is 13.4. The predicted molar refractivity (Wildman–Crippen MR) is 71.3 cm³/mol. The maximum absolute atomic E-state index is 6.27. The van der Waals surface area contributed by atoms with Crippen LogP contribution in [0.5, 0.6) is 0 Å². The number of halogens is 1. The van der Waals surface area contributed by atoms with E-state index < -0.39 is 0 Å². The normalized spacial score (nSPS) is 12.9. The van der Waals surface area contributed by atoms with Gasteiger partial charge in [0.2, 0.25) is 0 Å². The average molecular weight is 287 g/mol. The van der Waals surface area contributed by atoms with E-state index in [1.165, 1.54) is 0 Å². The van der Waals surface area contributed by atoms with Crippen LogP contribution in [-0.4, -0.2) is 18.5 Å². The van der Waals surface area contributed by atoms with Crippen molar-refractivity contribution >= 4 is 23.3 Å². The molecule has 2 aromatic heterocycles. The third-order valence-corrected chi connectivity index (χ3v) is 3.77. The van der Waals surface area contributed by atoms with Crippen LogP contribution in [0.4, 0.5) is 0 Å². The van der Waals surface area contributed by atoms with Crippen molar-refractivity contribution in [2.75, 3.05) is 0 Å². The number of nitrogens with one attached hydrogen (secondary N) is 1. The molecule has 8 heteroatoms. The van der Waals surface area contributed by atoms with Crippen molar-refractivity contribution in [3.8, 4) is 0 Å². The van der Waals surface area contributed by atoms with Crippen LogP contribution in [0.2, 0.25) is 5.02 Å². The van der Waals surface area contributed by atoms with Gasteiger partial charge in [-0.05, 0) is 13.8 Å². The minimum absolute atomic E-state index is 0.109. The zero-order valence-electron chi connectivity index (χ0n) is 10.2. The van der Waals surface area contributed by atoms with Gasteiger partial charge in [-0.1, -0.05) is 11.6 Å². The first-order valence-electron chi connectivity index (χ1n) is 5.62. The molecule has 0 aromatic carbocycles. The fourth-order valence-electron chi connectivity index (χ4n) is 1.83. The molecule has 1 unspecified atom stereocenters. The van der Waals surface area contributed by atoms with E-state index in [0.29, 0.717) is 11.4 Å². The number of rotatable bonds is 5. The Morgan fingerprint density at radius 1 is 1.61 bits per heavy atom. The lowest BCUT2D eigenvalue weighted by Crippen LogP contribution is -2.30. The fourth-order valence-corrected chi connectivity index (χ4v) is 2.52. The van der Waals surface area contributed by atoms with Crippen molar-refractivity contribution in [2.24, 2.45) is 5.84 Å². The highest BCUT2D eigenvalue weighted by Crippen LogP contribution is 2.25. The van der Waals surface area contributed by atoms with Crippen molar-refractivity contribution in [3.63, 3.8) is 0 Å². The SMILES string of the molecule is CCn1nc(C)c(Cl)c1CC(NN)c1cnsn1. The van der Waals surface area contributed by atoms with Crippen LogP contribution in [0, 0.1) is 6.92 Å². The van der Waals surface area contributed by atoms with Gasteiger partial charge in [-0.3, -0.25) is 16.0 Å². The van der Waals surface area contributed by atoms with Crippen LogP contribution in [0.25, 0.3) is 0 Å². The predicted octanol–water partition coefficient (Wildman–Crippen LogP) is 1.46. The molecule has 0 amide bonds. The van der Waals surface area contributed by atoms with Crippen molar-refractivity contribution in [1.29, 1.82) is 0 Å². The summed E-state index contributed by atoms with van der Waals surface area (Å²) in [5.74, 6) is 5.57. The molecule has 1 atom stereocenters. The average Bonchev–Trinajstić information content (AvgIpc) is 2.98. The Labute approximate surface area is 114 Å². The minimum Gasteiger partial charge on any atom is -0.271 e. The summed E-state index contributed by atoms with van der Waals surface area (Å²) < 4.78 is 10.1. The van der Waals surface area contributed by atoms with Gasteiger partial charge in [0.1, 0.15) is 0 Å². The Hall–Kier alpha value is -1.02. The summed E-state index contributed by atoms with van der Waals surface area (Å²) in [6.45, 7) is 4.70. The van der Waals surface area contributed by atoms with Gasteiger partial charge in [0.15, 0.2) is 0 Å². The molecule has 18 heavy (non-hydrogen) atoms. The van der Waals surface area contributed by atoms with E-state index in [0.717, 1.165) is 35.4 Å². The molecule has 0 spiro atoms. The lowest BCUT2D eigenvalue weighted by Gasteiger charge is -2.14. The topological polar surface area (TPSA) is 81.7 Å². The Morgan fingerprint density at radius 2 is 2.39 bits per heavy atom. The van der Waals surface area contributed by atoms with Crippen molar-refractivity contribution < 1.29 is 0 Å². The van der Waals surface area contributed by atoms with Crippen LogP contribution < -0.4 is 11.3 Å². The first-order chi connectivity index (χ1) is 8.67. The molecule has 0 aliphatic carbocycles. The Kier molecular flexibility index (Phi) is 4.28.